The summed E-state index contributed by atoms with van der Waals surface area (Å²) in [7, 11) is -3.36. The highest BCUT2D eigenvalue weighted by Gasteiger charge is 2.35. The number of anilines is 1. The Morgan fingerprint density at radius 1 is 1.14 bits per heavy atom. The van der Waals surface area contributed by atoms with Gasteiger partial charge in [-0.15, -0.1) is 0 Å². The zero-order valence-electron chi connectivity index (χ0n) is 18.2. The van der Waals surface area contributed by atoms with E-state index in [4.69, 9.17) is 11.6 Å². The first-order valence-corrected chi connectivity index (χ1v) is 12.7. The van der Waals surface area contributed by atoms with Crippen molar-refractivity contribution in [2.24, 2.45) is 0 Å². The molecule has 0 aliphatic heterocycles. The lowest BCUT2D eigenvalue weighted by Crippen LogP contribution is -2.30. The van der Waals surface area contributed by atoms with Gasteiger partial charge in [-0.25, -0.2) is 22.6 Å². The summed E-state index contributed by atoms with van der Waals surface area (Å²) < 4.78 is 86.8. The largest absolute Gasteiger partial charge is 0.465 e. The molecule has 0 radical (unpaired) electrons. The van der Waals surface area contributed by atoms with E-state index < -0.39 is 40.1 Å². The van der Waals surface area contributed by atoms with Crippen molar-refractivity contribution < 1.29 is 35.5 Å². The standard InChI is InChI=1S/C23H15ClF4N2O4S2/c1-34-22(31)14-4-2-5-15(11-14)36(32,33)30(21-19(24)16-6-3-9-29-20(16)35-21)12-13-7-8-18(25)17(10-13)23(26,27)28/h2-11H,12H2,1H3. The maximum atomic E-state index is 13.9. The fraction of sp³-hybridized carbons (Fsp3) is 0.130. The molecule has 0 N–H and O–H groups in total. The van der Waals surface area contributed by atoms with Crippen LogP contribution >= 0.6 is 22.9 Å². The minimum absolute atomic E-state index is 0.00767. The normalized spacial score (nSPS) is 12.1. The highest BCUT2D eigenvalue weighted by Crippen LogP contribution is 2.44. The molecule has 36 heavy (non-hydrogen) atoms. The van der Waals surface area contributed by atoms with Crippen molar-refractivity contribution in [3.63, 3.8) is 0 Å². The van der Waals surface area contributed by atoms with Crippen LogP contribution in [-0.2, 0) is 27.5 Å². The Balaban J connectivity index is 1.89. The molecule has 0 saturated carbocycles. The number of carbonyl (C=O) groups excluding carboxylic acids is 1. The summed E-state index contributed by atoms with van der Waals surface area (Å²) in [5, 5.41) is 0.457. The highest BCUT2D eigenvalue weighted by molar-refractivity contribution is 7.93. The topological polar surface area (TPSA) is 76.6 Å². The van der Waals surface area contributed by atoms with Crippen molar-refractivity contribution in [1.29, 1.82) is 0 Å². The Kier molecular flexibility index (Phi) is 6.95. The quantitative estimate of drug-likeness (QED) is 0.205. The molecule has 0 bridgehead atoms. The maximum absolute atomic E-state index is 13.9. The molecular formula is C23H15ClF4N2O4S2. The predicted octanol–water partition coefficient (Wildman–Crippen LogP) is 6.29. The van der Waals surface area contributed by atoms with Gasteiger partial charge in [0.05, 0.1) is 34.7 Å². The smallest absolute Gasteiger partial charge is 0.419 e. The van der Waals surface area contributed by atoms with Gasteiger partial charge in [-0.05, 0) is 48.0 Å². The van der Waals surface area contributed by atoms with Crippen molar-refractivity contribution in [2.45, 2.75) is 17.6 Å². The second-order valence-electron chi connectivity index (χ2n) is 7.42. The first kappa shape index (κ1) is 25.9. The molecule has 2 aromatic carbocycles. The van der Waals surface area contributed by atoms with Gasteiger partial charge in [-0.1, -0.05) is 35.1 Å². The van der Waals surface area contributed by atoms with Crippen LogP contribution in [0.4, 0.5) is 22.6 Å². The third-order valence-corrected chi connectivity index (χ3v) is 8.61. The van der Waals surface area contributed by atoms with E-state index >= 15 is 0 Å². The molecule has 0 unspecified atom stereocenters. The Bertz CT molecular complexity index is 1570. The zero-order valence-corrected chi connectivity index (χ0v) is 20.6. The molecule has 0 saturated heterocycles. The van der Waals surface area contributed by atoms with Crippen LogP contribution in [-0.4, -0.2) is 26.5 Å². The number of aromatic nitrogens is 1. The molecule has 6 nitrogen and oxygen atoms in total. The Labute approximate surface area is 211 Å². The number of sulfonamides is 1. The van der Waals surface area contributed by atoms with E-state index in [-0.39, 0.29) is 26.0 Å². The van der Waals surface area contributed by atoms with Gasteiger partial charge in [-0.3, -0.25) is 4.31 Å². The van der Waals surface area contributed by atoms with Crippen LogP contribution in [0, 0.1) is 5.82 Å². The number of nitrogens with zero attached hydrogens (tertiary/aromatic N) is 2. The van der Waals surface area contributed by atoms with Crippen molar-refractivity contribution in [2.75, 3.05) is 11.4 Å². The number of pyridine rings is 1. The number of hydrogen-bond acceptors (Lipinski definition) is 6. The molecule has 0 fully saturated rings. The number of benzene rings is 2. The number of carbonyl (C=O) groups is 1. The third-order valence-electron chi connectivity index (χ3n) is 5.12. The molecule has 0 spiro atoms. The van der Waals surface area contributed by atoms with Crippen molar-refractivity contribution in [3.8, 4) is 0 Å². The fourth-order valence-corrected chi connectivity index (χ4v) is 6.63. The molecule has 13 heteroatoms. The van der Waals surface area contributed by atoms with E-state index in [9.17, 15) is 30.8 Å². The van der Waals surface area contributed by atoms with Gasteiger partial charge in [0.1, 0.15) is 15.6 Å². The van der Waals surface area contributed by atoms with Crippen LogP contribution in [0.1, 0.15) is 21.5 Å². The lowest BCUT2D eigenvalue weighted by molar-refractivity contribution is -0.140. The van der Waals surface area contributed by atoms with E-state index in [1.165, 1.54) is 24.4 Å². The average molecular weight is 559 g/mol. The molecule has 0 aliphatic rings. The summed E-state index contributed by atoms with van der Waals surface area (Å²) in [4.78, 5) is 16.2. The van der Waals surface area contributed by atoms with Crippen LogP contribution < -0.4 is 4.31 Å². The summed E-state index contributed by atoms with van der Waals surface area (Å²) in [5.41, 5.74) is -1.73. The van der Waals surface area contributed by atoms with Crippen LogP contribution in [0.5, 0.6) is 0 Å². The fourth-order valence-electron chi connectivity index (χ4n) is 3.40. The zero-order chi connectivity index (χ0) is 26.3. The van der Waals surface area contributed by atoms with Crippen molar-refractivity contribution in [1.82, 2.24) is 4.98 Å². The Morgan fingerprint density at radius 3 is 2.56 bits per heavy atom. The molecule has 188 valence electrons. The minimum Gasteiger partial charge on any atom is -0.465 e. The van der Waals surface area contributed by atoms with E-state index in [0.717, 1.165) is 34.9 Å². The molecule has 0 aliphatic carbocycles. The summed E-state index contributed by atoms with van der Waals surface area (Å²) in [6, 6.07) is 10.4. The summed E-state index contributed by atoms with van der Waals surface area (Å²) >= 11 is 7.41. The first-order chi connectivity index (χ1) is 16.9. The summed E-state index contributed by atoms with van der Waals surface area (Å²) in [6.45, 7) is -0.610. The number of ether oxygens (including phenoxy) is 1. The van der Waals surface area contributed by atoms with Gasteiger partial charge in [0, 0.05) is 11.6 Å². The average Bonchev–Trinajstić information content (AvgIpc) is 3.18. The molecule has 0 amide bonds. The van der Waals surface area contributed by atoms with Crippen LogP contribution in [0.3, 0.4) is 0 Å². The van der Waals surface area contributed by atoms with Gasteiger partial charge < -0.3 is 4.74 Å². The van der Waals surface area contributed by atoms with Gasteiger partial charge in [-0.2, -0.15) is 13.2 Å². The number of halogens is 5. The third kappa shape index (κ3) is 4.88. The van der Waals surface area contributed by atoms with Crippen molar-refractivity contribution >= 4 is 54.1 Å². The van der Waals surface area contributed by atoms with Gasteiger partial charge in [0.2, 0.25) is 0 Å². The Morgan fingerprint density at radius 2 is 1.89 bits per heavy atom. The second-order valence-corrected chi connectivity index (χ2v) is 10.6. The molecule has 4 aromatic rings. The monoisotopic (exact) mass is 558 g/mol. The number of fused-ring (bicyclic) bond motifs is 1. The second kappa shape index (κ2) is 9.68. The van der Waals surface area contributed by atoms with E-state index in [0.29, 0.717) is 22.3 Å². The number of thiophene rings is 1. The number of esters is 1. The summed E-state index contributed by atoms with van der Waals surface area (Å²) in [5.74, 6) is -2.27. The highest BCUT2D eigenvalue weighted by atomic mass is 35.5. The summed E-state index contributed by atoms with van der Waals surface area (Å²) in [6.07, 6.45) is -3.51. The molecular weight excluding hydrogens is 544 g/mol. The predicted molar refractivity (Wildman–Crippen MR) is 127 cm³/mol. The molecule has 2 aromatic heterocycles. The van der Waals surface area contributed by atoms with E-state index in [1.54, 1.807) is 12.1 Å². The van der Waals surface area contributed by atoms with E-state index in [1.807, 2.05) is 0 Å². The molecule has 4 rings (SSSR count). The number of alkyl halides is 3. The van der Waals surface area contributed by atoms with Crippen LogP contribution in [0.15, 0.2) is 65.7 Å². The number of hydrogen-bond donors (Lipinski definition) is 0. The van der Waals surface area contributed by atoms with E-state index in [2.05, 4.69) is 9.72 Å². The lowest BCUT2D eigenvalue weighted by Gasteiger charge is -2.24. The number of rotatable bonds is 6. The van der Waals surface area contributed by atoms with Gasteiger partial charge in [0.25, 0.3) is 10.0 Å². The SMILES string of the molecule is COC(=O)c1cccc(S(=O)(=O)N(Cc2ccc(F)c(C(F)(F)F)c2)c2sc3ncccc3c2Cl)c1. The first-order valence-electron chi connectivity index (χ1n) is 10.0. The maximum Gasteiger partial charge on any atom is 0.419 e. The molecule has 2 heterocycles. The van der Waals surface area contributed by atoms with Crippen LogP contribution in [0.2, 0.25) is 5.02 Å². The van der Waals surface area contributed by atoms with Crippen LogP contribution in [0.25, 0.3) is 10.2 Å². The van der Waals surface area contributed by atoms with Gasteiger partial charge >= 0.3 is 12.1 Å². The van der Waals surface area contributed by atoms with Crippen molar-refractivity contribution in [3.05, 3.63) is 88.3 Å². The Hall–Kier alpha value is -3.22. The van der Waals surface area contributed by atoms with Gasteiger partial charge in [0.15, 0.2) is 0 Å². The number of methoxy groups -OCH3 is 1. The minimum atomic E-state index is -4.99. The lowest BCUT2D eigenvalue weighted by atomic mass is 10.1. The molecule has 0 atom stereocenters.